The number of carboxylic acid groups (broad SMARTS) is 1. The summed E-state index contributed by atoms with van der Waals surface area (Å²) in [5, 5.41) is 9.19. The fourth-order valence-corrected chi connectivity index (χ4v) is 4.48. The van der Waals surface area contributed by atoms with E-state index in [1.54, 1.807) is 11.5 Å². The van der Waals surface area contributed by atoms with Gasteiger partial charge < -0.3 is 9.84 Å². The van der Waals surface area contributed by atoms with Gasteiger partial charge in [-0.2, -0.15) is 0 Å². The number of rotatable bonds is 6. The van der Waals surface area contributed by atoms with Gasteiger partial charge in [0.2, 0.25) is 0 Å². The van der Waals surface area contributed by atoms with E-state index < -0.39 is 6.09 Å². The van der Waals surface area contributed by atoms with Crippen molar-refractivity contribution in [2.24, 2.45) is 0 Å². The molecule has 0 spiro atoms. The van der Waals surface area contributed by atoms with Crippen molar-refractivity contribution in [3.63, 3.8) is 0 Å². The number of thiophene rings is 1. The highest BCUT2D eigenvalue weighted by Crippen LogP contribution is 2.28. The van der Waals surface area contributed by atoms with Crippen LogP contribution < -0.4 is 22.1 Å². The quantitative estimate of drug-likeness (QED) is 0.642. The van der Waals surface area contributed by atoms with Gasteiger partial charge in [0.25, 0.3) is 5.56 Å². The van der Waals surface area contributed by atoms with E-state index in [2.05, 4.69) is 10.9 Å². The second-order valence-electron chi connectivity index (χ2n) is 6.19. The highest BCUT2D eigenvalue weighted by Gasteiger charge is 2.23. The van der Waals surface area contributed by atoms with Crippen molar-refractivity contribution in [3.05, 3.63) is 31.3 Å². The minimum Gasteiger partial charge on any atom is -0.464 e. The smallest absolute Gasteiger partial charge is 0.419 e. The van der Waals surface area contributed by atoms with Crippen molar-refractivity contribution >= 4 is 27.6 Å². The first-order valence-electron chi connectivity index (χ1n) is 8.53. The molecule has 0 saturated carbocycles. The molecular weight excluding hydrogens is 360 g/mol. The van der Waals surface area contributed by atoms with Gasteiger partial charge in [0.05, 0.1) is 18.0 Å². The fraction of sp³-hybridized carbons (Fsp3) is 0.562. The first kappa shape index (κ1) is 18.6. The van der Waals surface area contributed by atoms with E-state index in [4.69, 9.17) is 9.84 Å². The molecule has 3 heterocycles. The molecule has 0 aliphatic carbocycles. The van der Waals surface area contributed by atoms with Crippen molar-refractivity contribution in [2.75, 3.05) is 6.61 Å². The van der Waals surface area contributed by atoms with Crippen LogP contribution in [0, 0.1) is 6.92 Å². The van der Waals surface area contributed by atoms with E-state index >= 15 is 0 Å². The zero-order chi connectivity index (χ0) is 18.8. The Kier molecular flexibility index (Phi) is 5.44. The molecule has 0 radical (unpaired) electrons. The van der Waals surface area contributed by atoms with Gasteiger partial charge in [-0.25, -0.2) is 15.0 Å². The maximum absolute atomic E-state index is 12.8. The van der Waals surface area contributed by atoms with Gasteiger partial charge in [0.1, 0.15) is 4.83 Å². The molecule has 142 valence electrons. The van der Waals surface area contributed by atoms with E-state index in [0.29, 0.717) is 29.9 Å². The summed E-state index contributed by atoms with van der Waals surface area (Å²) < 4.78 is 8.53. The molecule has 1 aliphatic heterocycles. The topological polar surface area (TPSA) is 115 Å². The van der Waals surface area contributed by atoms with E-state index in [0.717, 1.165) is 23.3 Å². The maximum atomic E-state index is 12.8. The molecule has 3 N–H and O–H groups in total. The predicted molar refractivity (Wildman–Crippen MR) is 97.7 cm³/mol. The minimum atomic E-state index is -1.19. The summed E-state index contributed by atoms with van der Waals surface area (Å²) in [6.45, 7) is 5.22. The number of hydrogen-bond acceptors (Lipinski definition) is 6. The SMILES string of the molecule is CCn1c(=O)c2c(C)c(CNNC(=O)O)sc2n(CC2CCCO2)c1=O. The number of carbonyl (C=O) groups is 1. The summed E-state index contributed by atoms with van der Waals surface area (Å²) in [4.78, 5) is 37.6. The maximum Gasteiger partial charge on any atom is 0.419 e. The van der Waals surface area contributed by atoms with Gasteiger partial charge >= 0.3 is 11.8 Å². The minimum absolute atomic E-state index is 0.0311. The summed E-state index contributed by atoms with van der Waals surface area (Å²) in [6.07, 6.45) is 0.638. The number of nitrogens with one attached hydrogen (secondary N) is 2. The highest BCUT2D eigenvalue weighted by molar-refractivity contribution is 7.18. The molecule has 2 aromatic heterocycles. The van der Waals surface area contributed by atoms with Gasteiger partial charge in [-0.05, 0) is 32.3 Å². The number of nitrogens with zero attached hydrogens (tertiary/aromatic N) is 2. The number of amides is 1. The predicted octanol–water partition coefficient (Wildman–Crippen LogP) is 1.00. The Morgan fingerprint density at radius 1 is 1.38 bits per heavy atom. The third kappa shape index (κ3) is 3.39. The lowest BCUT2D eigenvalue weighted by Gasteiger charge is -2.14. The Balaban J connectivity index is 2.10. The molecule has 2 aromatic rings. The van der Waals surface area contributed by atoms with Gasteiger partial charge in [0.15, 0.2) is 0 Å². The standard InChI is InChI=1S/C16H22N4O5S/c1-3-19-13(21)12-9(2)11(7-17-18-15(22)23)26-14(12)20(16(19)24)8-10-5-4-6-25-10/h10,17-18H,3-8H2,1-2H3,(H,22,23). The van der Waals surface area contributed by atoms with Crippen LogP contribution in [0.15, 0.2) is 9.59 Å². The van der Waals surface area contributed by atoms with Crippen LogP contribution in [-0.2, 0) is 24.4 Å². The molecule has 1 fully saturated rings. The molecule has 10 heteroatoms. The lowest BCUT2D eigenvalue weighted by atomic mass is 10.2. The molecule has 3 rings (SSSR count). The molecule has 1 saturated heterocycles. The van der Waals surface area contributed by atoms with Crippen LogP contribution in [0.1, 0.15) is 30.2 Å². The molecule has 1 atom stereocenters. The Bertz CT molecular complexity index is 939. The van der Waals surface area contributed by atoms with Crippen LogP contribution in [-0.4, -0.2) is 33.0 Å². The molecule has 1 aliphatic rings. The Hall–Kier alpha value is -2.17. The lowest BCUT2D eigenvalue weighted by Crippen LogP contribution is -2.40. The summed E-state index contributed by atoms with van der Waals surface area (Å²) in [5.41, 5.74) is 4.82. The Morgan fingerprint density at radius 2 is 2.15 bits per heavy atom. The van der Waals surface area contributed by atoms with Crippen molar-refractivity contribution in [2.45, 2.75) is 52.4 Å². The number of aromatic nitrogens is 2. The third-order valence-electron chi connectivity index (χ3n) is 4.56. The van der Waals surface area contributed by atoms with Crippen molar-refractivity contribution in [3.8, 4) is 0 Å². The lowest BCUT2D eigenvalue weighted by molar-refractivity contribution is 0.0966. The van der Waals surface area contributed by atoms with E-state index in [1.165, 1.54) is 15.9 Å². The number of ether oxygens (including phenoxy) is 1. The molecule has 0 bridgehead atoms. The number of hydrogen-bond donors (Lipinski definition) is 3. The third-order valence-corrected chi connectivity index (χ3v) is 5.88. The fourth-order valence-electron chi connectivity index (χ4n) is 3.24. The van der Waals surface area contributed by atoms with Gasteiger partial charge in [-0.3, -0.25) is 19.4 Å². The molecule has 1 amide bonds. The van der Waals surface area contributed by atoms with Crippen molar-refractivity contribution in [1.82, 2.24) is 20.0 Å². The second kappa shape index (κ2) is 7.60. The average Bonchev–Trinajstić information content (AvgIpc) is 3.20. The first-order valence-corrected chi connectivity index (χ1v) is 9.34. The normalized spacial score (nSPS) is 17.1. The van der Waals surface area contributed by atoms with Crippen LogP contribution in [0.4, 0.5) is 4.79 Å². The van der Waals surface area contributed by atoms with E-state index in [9.17, 15) is 14.4 Å². The van der Waals surface area contributed by atoms with Crippen molar-refractivity contribution < 1.29 is 14.6 Å². The summed E-state index contributed by atoms with van der Waals surface area (Å²) in [6, 6.07) is 0. The van der Waals surface area contributed by atoms with Crippen LogP contribution >= 0.6 is 11.3 Å². The van der Waals surface area contributed by atoms with Gasteiger partial charge in [-0.1, -0.05) is 0 Å². The summed E-state index contributed by atoms with van der Waals surface area (Å²) in [5.74, 6) is 0. The Morgan fingerprint density at radius 3 is 2.77 bits per heavy atom. The average molecular weight is 382 g/mol. The largest absolute Gasteiger partial charge is 0.464 e. The zero-order valence-corrected chi connectivity index (χ0v) is 15.5. The van der Waals surface area contributed by atoms with Crippen LogP contribution in [0.3, 0.4) is 0 Å². The monoisotopic (exact) mass is 382 g/mol. The summed E-state index contributed by atoms with van der Waals surface area (Å²) >= 11 is 1.33. The van der Waals surface area contributed by atoms with Gasteiger partial charge in [0, 0.05) is 24.6 Å². The van der Waals surface area contributed by atoms with Crippen LogP contribution in [0.25, 0.3) is 10.2 Å². The van der Waals surface area contributed by atoms with Crippen molar-refractivity contribution in [1.29, 1.82) is 0 Å². The van der Waals surface area contributed by atoms with E-state index in [-0.39, 0.29) is 23.9 Å². The zero-order valence-electron chi connectivity index (χ0n) is 14.7. The molecule has 1 unspecified atom stereocenters. The molecule has 26 heavy (non-hydrogen) atoms. The second-order valence-corrected chi connectivity index (χ2v) is 7.28. The number of hydrazine groups is 1. The summed E-state index contributed by atoms with van der Waals surface area (Å²) in [7, 11) is 0. The number of fused-ring (bicyclic) bond motifs is 1. The highest BCUT2D eigenvalue weighted by atomic mass is 32.1. The number of aryl methyl sites for hydroxylation is 1. The molecule has 9 nitrogen and oxygen atoms in total. The van der Waals surface area contributed by atoms with Crippen LogP contribution in [0.5, 0.6) is 0 Å². The first-order chi connectivity index (χ1) is 12.4. The van der Waals surface area contributed by atoms with Gasteiger partial charge in [-0.15, -0.1) is 11.3 Å². The molecule has 0 aromatic carbocycles. The van der Waals surface area contributed by atoms with Crippen LogP contribution in [0.2, 0.25) is 0 Å². The molecular formula is C16H22N4O5S. The Labute approximate surface area is 153 Å². The van der Waals surface area contributed by atoms with E-state index in [1.807, 2.05) is 6.92 Å².